The first-order chi connectivity index (χ1) is 14.7. The number of nitro groups is 1. The number of nitrogens with zero attached hydrogens (tertiary/aromatic N) is 3. The minimum Gasteiger partial charge on any atom is -0.258 e. The van der Waals surface area contributed by atoms with Crippen molar-refractivity contribution in [1.29, 1.82) is 0 Å². The number of rotatable bonds is 4. The molecule has 5 rings (SSSR count). The van der Waals surface area contributed by atoms with Gasteiger partial charge in [-0.2, -0.15) is 0 Å². The number of benzene rings is 4. The Balaban J connectivity index is 1.65. The van der Waals surface area contributed by atoms with Crippen molar-refractivity contribution in [3.63, 3.8) is 0 Å². The van der Waals surface area contributed by atoms with Crippen LogP contribution in [0.2, 0.25) is 0 Å². The smallest absolute Gasteiger partial charge is 0.258 e. The Morgan fingerprint density at radius 1 is 0.700 bits per heavy atom. The summed E-state index contributed by atoms with van der Waals surface area (Å²) in [5, 5.41) is 15.8. The molecule has 6 heteroatoms. The fraction of sp³-hybridized carbons (Fsp3) is 0. The van der Waals surface area contributed by atoms with Gasteiger partial charge in [-0.25, -0.2) is 0 Å². The molecule has 0 radical (unpaired) electrons. The van der Waals surface area contributed by atoms with Gasteiger partial charge in [-0.05, 0) is 52.0 Å². The Kier molecular flexibility index (Phi) is 4.53. The second-order valence-corrected chi connectivity index (χ2v) is 7.62. The molecule has 0 fully saturated rings. The van der Waals surface area contributed by atoms with Gasteiger partial charge in [0, 0.05) is 11.6 Å². The molecule has 0 spiro atoms. The maximum Gasteiger partial charge on any atom is 0.277 e. The standard InChI is InChI=1S/C24H15N3O2S/c28-27(29)23-9-5-4-8-20(23)21-14-19(15-22-24(21)30-26-25-22)18-12-10-17(11-13-18)16-6-2-1-3-7-16/h1-15H. The molecule has 1 heterocycles. The van der Waals surface area contributed by atoms with E-state index in [2.05, 4.69) is 46.0 Å². The van der Waals surface area contributed by atoms with E-state index < -0.39 is 0 Å². The molecule has 0 atom stereocenters. The molecule has 0 aliphatic heterocycles. The molecule has 0 aliphatic rings. The van der Waals surface area contributed by atoms with Crippen LogP contribution >= 0.6 is 11.5 Å². The van der Waals surface area contributed by atoms with Gasteiger partial charge in [0.2, 0.25) is 0 Å². The molecule has 5 aromatic rings. The van der Waals surface area contributed by atoms with Crippen molar-refractivity contribution in [2.24, 2.45) is 0 Å². The first kappa shape index (κ1) is 18.1. The topological polar surface area (TPSA) is 68.9 Å². The monoisotopic (exact) mass is 409 g/mol. The highest BCUT2D eigenvalue weighted by Gasteiger charge is 2.19. The Morgan fingerprint density at radius 2 is 1.33 bits per heavy atom. The van der Waals surface area contributed by atoms with Gasteiger partial charge in [0.15, 0.2) is 0 Å². The van der Waals surface area contributed by atoms with Crippen molar-refractivity contribution >= 4 is 27.4 Å². The van der Waals surface area contributed by atoms with Crippen LogP contribution < -0.4 is 0 Å². The van der Waals surface area contributed by atoms with E-state index in [1.54, 1.807) is 12.1 Å². The normalized spacial score (nSPS) is 10.9. The molecule has 144 valence electrons. The minimum absolute atomic E-state index is 0.0729. The molecule has 0 N–H and O–H groups in total. The summed E-state index contributed by atoms with van der Waals surface area (Å²) in [6, 6.07) is 29.2. The van der Waals surface area contributed by atoms with Gasteiger partial charge in [0.05, 0.1) is 15.2 Å². The van der Waals surface area contributed by atoms with Crippen molar-refractivity contribution in [2.45, 2.75) is 0 Å². The van der Waals surface area contributed by atoms with Crippen LogP contribution in [0.25, 0.3) is 43.6 Å². The lowest BCUT2D eigenvalue weighted by atomic mass is 9.96. The first-order valence-electron chi connectivity index (χ1n) is 9.36. The van der Waals surface area contributed by atoms with Gasteiger partial charge in [-0.3, -0.25) is 10.1 Å². The average Bonchev–Trinajstić information content (AvgIpc) is 3.28. The van der Waals surface area contributed by atoms with Gasteiger partial charge >= 0.3 is 0 Å². The zero-order valence-electron chi connectivity index (χ0n) is 15.7. The van der Waals surface area contributed by atoms with E-state index in [0.29, 0.717) is 5.56 Å². The average molecular weight is 409 g/mol. The molecular weight excluding hydrogens is 394 g/mol. The van der Waals surface area contributed by atoms with Crippen LogP contribution in [0.4, 0.5) is 5.69 Å². The molecule has 5 nitrogen and oxygen atoms in total. The predicted molar refractivity (Wildman–Crippen MR) is 120 cm³/mol. The van der Waals surface area contributed by atoms with Crippen molar-refractivity contribution in [2.75, 3.05) is 0 Å². The van der Waals surface area contributed by atoms with E-state index >= 15 is 0 Å². The number of aromatic nitrogens is 2. The lowest BCUT2D eigenvalue weighted by Crippen LogP contribution is -1.92. The Hall–Kier alpha value is -3.90. The van der Waals surface area contributed by atoms with E-state index in [1.807, 2.05) is 36.4 Å². The second-order valence-electron chi connectivity index (χ2n) is 6.86. The highest BCUT2D eigenvalue weighted by atomic mass is 32.1. The zero-order chi connectivity index (χ0) is 20.5. The van der Waals surface area contributed by atoms with Crippen LogP contribution in [0.1, 0.15) is 0 Å². The van der Waals surface area contributed by atoms with Crippen LogP contribution in [0, 0.1) is 10.1 Å². The summed E-state index contributed by atoms with van der Waals surface area (Å²) < 4.78 is 4.91. The fourth-order valence-corrected chi connectivity index (χ4v) is 4.27. The van der Waals surface area contributed by atoms with Gasteiger partial charge < -0.3 is 0 Å². The summed E-state index contributed by atoms with van der Waals surface area (Å²) in [5.41, 5.74) is 6.41. The fourth-order valence-electron chi connectivity index (χ4n) is 3.60. The van der Waals surface area contributed by atoms with E-state index in [1.165, 1.54) is 17.6 Å². The largest absolute Gasteiger partial charge is 0.277 e. The van der Waals surface area contributed by atoms with Gasteiger partial charge in [-0.1, -0.05) is 71.2 Å². The quantitative estimate of drug-likeness (QED) is 0.248. The van der Waals surface area contributed by atoms with Crippen LogP contribution in [0.15, 0.2) is 91.0 Å². The maximum atomic E-state index is 11.6. The van der Waals surface area contributed by atoms with Crippen molar-refractivity contribution in [1.82, 2.24) is 9.59 Å². The van der Waals surface area contributed by atoms with Gasteiger partial charge in [-0.15, -0.1) is 5.10 Å². The third-order valence-corrected chi connectivity index (χ3v) is 5.84. The van der Waals surface area contributed by atoms with E-state index in [0.717, 1.165) is 38.0 Å². The highest BCUT2D eigenvalue weighted by molar-refractivity contribution is 7.13. The summed E-state index contributed by atoms with van der Waals surface area (Å²) in [6.07, 6.45) is 0. The molecule has 0 unspecified atom stereocenters. The molecule has 4 aromatic carbocycles. The van der Waals surface area contributed by atoms with E-state index in [-0.39, 0.29) is 10.6 Å². The van der Waals surface area contributed by atoms with Crippen LogP contribution in [-0.4, -0.2) is 14.5 Å². The molecule has 0 amide bonds. The number of fused-ring (bicyclic) bond motifs is 1. The number of hydrogen-bond donors (Lipinski definition) is 0. The molecular formula is C24H15N3O2S. The summed E-state index contributed by atoms with van der Waals surface area (Å²) in [4.78, 5) is 11.2. The number of nitro benzene ring substituents is 1. The second kappa shape index (κ2) is 7.50. The summed E-state index contributed by atoms with van der Waals surface area (Å²) in [6.45, 7) is 0. The zero-order valence-corrected chi connectivity index (χ0v) is 16.5. The molecule has 0 saturated heterocycles. The molecule has 0 bridgehead atoms. The number of hydrogen-bond acceptors (Lipinski definition) is 5. The van der Waals surface area contributed by atoms with Crippen molar-refractivity contribution < 1.29 is 4.92 Å². The lowest BCUT2D eigenvalue weighted by molar-refractivity contribution is -0.384. The molecule has 1 aromatic heterocycles. The molecule has 30 heavy (non-hydrogen) atoms. The Labute approximate surface area is 176 Å². The van der Waals surface area contributed by atoms with E-state index in [9.17, 15) is 10.1 Å². The van der Waals surface area contributed by atoms with Crippen LogP contribution in [-0.2, 0) is 0 Å². The molecule has 0 saturated carbocycles. The van der Waals surface area contributed by atoms with Crippen molar-refractivity contribution in [3.8, 4) is 33.4 Å². The minimum atomic E-state index is -0.350. The van der Waals surface area contributed by atoms with Gasteiger partial charge in [0.1, 0.15) is 5.52 Å². The lowest BCUT2D eigenvalue weighted by Gasteiger charge is -2.09. The first-order valence-corrected chi connectivity index (χ1v) is 10.1. The Bertz CT molecular complexity index is 1360. The summed E-state index contributed by atoms with van der Waals surface area (Å²) in [7, 11) is 0. The summed E-state index contributed by atoms with van der Waals surface area (Å²) in [5.74, 6) is 0. The SMILES string of the molecule is O=[N+]([O-])c1ccccc1-c1cc(-c2ccc(-c3ccccc3)cc2)cc2nnsc12. The van der Waals surface area contributed by atoms with Crippen LogP contribution in [0.5, 0.6) is 0 Å². The predicted octanol–water partition coefficient (Wildman–Crippen LogP) is 6.60. The van der Waals surface area contributed by atoms with Crippen molar-refractivity contribution in [3.05, 3.63) is 101 Å². The highest BCUT2D eigenvalue weighted by Crippen LogP contribution is 2.39. The van der Waals surface area contributed by atoms with E-state index in [4.69, 9.17) is 0 Å². The third-order valence-electron chi connectivity index (χ3n) is 5.07. The van der Waals surface area contributed by atoms with Gasteiger partial charge in [0.25, 0.3) is 5.69 Å². The molecule has 0 aliphatic carbocycles. The maximum absolute atomic E-state index is 11.6. The number of para-hydroxylation sites is 1. The van der Waals surface area contributed by atoms with Crippen LogP contribution in [0.3, 0.4) is 0 Å². The summed E-state index contributed by atoms with van der Waals surface area (Å²) >= 11 is 1.25. The Morgan fingerprint density at radius 3 is 2.07 bits per heavy atom. The third kappa shape index (κ3) is 3.23.